The van der Waals surface area contributed by atoms with E-state index in [0.717, 1.165) is 52.7 Å². The average molecular weight is 385 g/mol. The molecule has 0 unspecified atom stereocenters. The first-order chi connectivity index (χ1) is 13.2. The molecule has 5 nitrogen and oxygen atoms in total. The molecule has 1 saturated carbocycles. The van der Waals surface area contributed by atoms with Crippen LogP contribution in [0.25, 0.3) is 0 Å². The van der Waals surface area contributed by atoms with E-state index in [1.807, 2.05) is 30.3 Å². The molecule has 0 saturated heterocycles. The number of anilines is 1. The van der Waals surface area contributed by atoms with Gasteiger partial charge in [-0.25, -0.2) is 5.48 Å². The summed E-state index contributed by atoms with van der Waals surface area (Å²) in [5.41, 5.74) is 6.45. The van der Waals surface area contributed by atoms with Crippen LogP contribution in [-0.4, -0.2) is 23.4 Å². The number of hydrogen-bond donors (Lipinski definition) is 2. The third-order valence-corrected chi connectivity index (χ3v) is 5.76. The number of fused-ring (bicyclic) bond motifs is 1. The summed E-state index contributed by atoms with van der Waals surface area (Å²) in [6, 6.07) is 12.1. The van der Waals surface area contributed by atoms with Gasteiger partial charge in [0.05, 0.1) is 13.2 Å². The van der Waals surface area contributed by atoms with Crippen LogP contribution >= 0.6 is 12.2 Å². The maximum atomic E-state index is 8.94. The number of nitrogens with one attached hydrogen (secondary N) is 1. The smallest absolute Gasteiger partial charge is 0.163 e. The monoisotopic (exact) mass is 384 g/mol. The van der Waals surface area contributed by atoms with Crippen molar-refractivity contribution in [2.24, 2.45) is 0 Å². The third-order valence-electron chi connectivity index (χ3n) is 5.32. The Kier molecular flexibility index (Phi) is 5.29. The van der Waals surface area contributed by atoms with Gasteiger partial charge >= 0.3 is 0 Å². The van der Waals surface area contributed by atoms with Gasteiger partial charge in [0.15, 0.2) is 11.5 Å². The van der Waals surface area contributed by atoms with Gasteiger partial charge in [-0.3, -0.25) is 0 Å². The fourth-order valence-corrected chi connectivity index (χ4v) is 4.23. The van der Waals surface area contributed by atoms with E-state index in [1.54, 1.807) is 7.11 Å². The molecule has 27 heavy (non-hydrogen) atoms. The second kappa shape index (κ2) is 7.84. The largest absolute Gasteiger partial charge is 0.493 e. The Hall–Kier alpha value is -2.15. The van der Waals surface area contributed by atoms with E-state index in [2.05, 4.69) is 16.4 Å². The summed E-state index contributed by atoms with van der Waals surface area (Å²) in [6.45, 7) is 1.13. The molecule has 1 heterocycles. The highest BCUT2D eigenvalue weighted by Crippen LogP contribution is 2.37. The second-order valence-electron chi connectivity index (χ2n) is 7.08. The van der Waals surface area contributed by atoms with E-state index in [1.165, 1.54) is 18.4 Å². The summed E-state index contributed by atoms with van der Waals surface area (Å²) in [4.78, 5) is 2.92. The zero-order valence-electron chi connectivity index (χ0n) is 15.4. The second-order valence-corrected chi connectivity index (χ2v) is 7.46. The van der Waals surface area contributed by atoms with Crippen molar-refractivity contribution in [2.45, 2.75) is 44.9 Å². The van der Waals surface area contributed by atoms with E-state index < -0.39 is 0 Å². The molecule has 0 atom stereocenters. The number of methoxy groups -OCH3 is 1. The van der Waals surface area contributed by atoms with Gasteiger partial charge in [0.1, 0.15) is 4.99 Å². The molecule has 0 amide bonds. The molecule has 6 heteroatoms. The SMILES string of the molecule is COc1ccc(N2Cc3ccc(CNO)cc3C2=S)cc1OC1CCCC1. The van der Waals surface area contributed by atoms with E-state index in [-0.39, 0.29) is 6.10 Å². The van der Waals surface area contributed by atoms with Crippen LogP contribution in [0.3, 0.4) is 0 Å². The minimum atomic E-state index is 0.269. The third kappa shape index (κ3) is 3.65. The number of benzene rings is 2. The molecule has 2 N–H and O–H groups in total. The normalized spacial score (nSPS) is 16.7. The standard InChI is InChI=1S/C21H24N2O3S/c1-25-19-9-8-16(11-20(19)26-17-4-2-3-5-17)23-13-15-7-6-14(12-22-24)10-18(15)21(23)27/h6-11,17,22,24H,2-5,12-13H2,1H3. The van der Waals surface area contributed by atoms with Crippen molar-refractivity contribution in [1.82, 2.24) is 5.48 Å². The summed E-state index contributed by atoms with van der Waals surface area (Å²) in [5.74, 6) is 1.54. The average Bonchev–Trinajstić information content (AvgIpc) is 3.30. The highest BCUT2D eigenvalue weighted by Gasteiger charge is 2.27. The summed E-state index contributed by atoms with van der Waals surface area (Å²) < 4.78 is 11.7. The van der Waals surface area contributed by atoms with E-state index >= 15 is 0 Å². The molecule has 1 aliphatic carbocycles. The Morgan fingerprint density at radius 1 is 1.15 bits per heavy atom. The lowest BCUT2D eigenvalue weighted by atomic mass is 10.1. The predicted molar refractivity (Wildman–Crippen MR) is 109 cm³/mol. The first-order valence-electron chi connectivity index (χ1n) is 9.35. The molecule has 2 aliphatic rings. The molecule has 0 aromatic heterocycles. The Labute approximate surface area is 164 Å². The molecule has 0 radical (unpaired) electrons. The molecule has 2 aromatic carbocycles. The first kappa shape index (κ1) is 18.2. The molecule has 1 fully saturated rings. The Morgan fingerprint density at radius 2 is 1.96 bits per heavy atom. The van der Waals surface area contributed by atoms with Crippen LogP contribution in [0.4, 0.5) is 5.69 Å². The van der Waals surface area contributed by atoms with Crippen molar-refractivity contribution < 1.29 is 14.7 Å². The van der Waals surface area contributed by atoms with Crippen LogP contribution in [-0.2, 0) is 13.1 Å². The lowest BCUT2D eigenvalue weighted by Gasteiger charge is -2.22. The number of hydroxylamine groups is 1. The number of hydrogen-bond acceptors (Lipinski definition) is 5. The van der Waals surface area contributed by atoms with Crippen LogP contribution in [0.1, 0.15) is 42.4 Å². The van der Waals surface area contributed by atoms with Crippen molar-refractivity contribution in [3.05, 3.63) is 53.1 Å². The fourth-order valence-electron chi connectivity index (χ4n) is 3.87. The van der Waals surface area contributed by atoms with Crippen LogP contribution < -0.4 is 19.9 Å². The maximum absolute atomic E-state index is 8.94. The molecule has 2 aromatic rings. The zero-order valence-corrected chi connectivity index (χ0v) is 16.2. The molecule has 0 spiro atoms. The molecule has 0 bridgehead atoms. The zero-order chi connectivity index (χ0) is 18.8. The first-order valence-corrected chi connectivity index (χ1v) is 9.75. The van der Waals surface area contributed by atoms with E-state index in [0.29, 0.717) is 6.54 Å². The van der Waals surface area contributed by atoms with Crippen molar-refractivity contribution >= 4 is 22.9 Å². The topological polar surface area (TPSA) is 54.0 Å². The highest BCUT2D eigenvalue weighted by atomic mass is 32.1. The van der Waals surface area contributed by atoms with Gasteiger partial charge in [-0.2, -0.15) is 0 Å². The highest BCUT2D eigenvalue weighted by molar-refractivity contribution is 7.81. The van der Waals surface area contributed by atoms with Gasteiger partial charge in [0.25, 0.3) is 0 Å². The Balaban J connectivity index is 1.60. The van der Waals surface area contributed by atoms with Crippen LogP contribution in [0.5, 0.6) is 11.5 Å². The van der Waals surface area contributed by atoms with Crippen molar-refractivity contribution in [2.75, 3.05) is 12.0 Å². The van der Waals surface area contributed by atoms with E-state index in [9.17, 15) is 0 Å². The summed E-state index contributed by atoms with van der Waals surface area (Å²) in [7, 11) is 1.67. The Morgan fingerprint density at radius 3 is 2.70 bits per heavy atom. The minimum absolute atomic E-state index is 0.269. The molecule has 142 valence electrons. The quantitative estimate of drug-likeness (QED) is 0.575. The predicted octanol–water partition coefficient (Wildman–Crippen LogP) is 4.19. The number of thiocarbonyl (C=S) groups is 1. The molecule has 4 rings (SSSR count). The van der Waals surface area contributed by atoms with Crippen molar-refractivity contribution in [1.29, 1.82) is 0 Å². The van der Waals surface area contributed by atoms with Gasteiger partial charge in [-0.1, -0.05) is 24.4 Å². The van der Waals surface area contributed by atoms with Crippen LogP contribution in [0.2, 0.25) is 0 Å². The summed E-state index contributed by atoms with van der Waals surface area (Å²) >= 11 is 5.74. The molecular formula is C21H24N2O3S. The summed E-state index contributed by atoms with van der Waals surface area (Å²) in [5, 5.41) is 8.94. The Bertz CT molecular complexity index is 849. The van der Waals surface area contributed by atoms with Gasteiger partial charge in [-0.05, 0) is 55.0 Å². The molecule has 1 aliphatic heterocycles. The molecular weight excluding hydrogens is 360 g/mol. The van der Waals surface area contributed by atoms with Crippen molar-refractivity contribution in [3.63, 3.8) is 0 Å². The summed E-state index contributed by atoms with van der Waals surface area (Å²) in [6.07, 6.45) is 4.92. The van der Waals surface area contributed by atoms with Crippen LogP contribution in [0, 0.1) is 0 Å². The fraction of sp³-hybridized carbons (Fsp3) is 0.381. The number of rotatable bonds is 6. The lowest BCUT2D eigenvalue weighted by Crippen LogP contribution is -2.22. The number of ether oxygens (including phenoxy) is 2. The van der Waals surface area contributed by atoms with Gasteiger partial charge < -0.3 is 19.6 Å². The maximum Gasteiger partial charge on any atom is 0.163 e. The number of nitrogens with zero attached hydrogens (tertiary/aromatic N) is 1. The van der Waals surface area contributed by atoms with Gasteiger partial charge in [0, 0.05) is 30.4 Å². The lowest BCUT2D eigenvalue weighted by molar-refractivity contribution is 0.161. The van der Waals surface area contributed by atoms with Crippen LogP contribution in [0.15, 0.2) is 36.4 Å². The van der Waals surface area contributed by atoms with Gasteiger partial charge in [0.2, 0.25) is 0 Å². The minimum Gasteiger partial charge on any atom is -0.493 e. The van der Waals surface area contributed by atoms with Gasteiger partial charge in [-0.15, -0.1) is 0 Å². The van der Waals surface area contributed by atoms with Crippen molar-refractivity contribution in [3.8, 4) is 11.5 Å². The van der Waals surface area contributed by atoms with E-state index in [4.69, 9.17) is 26.9 Å².